The molecule has 3 rings (SSSR count). The van der Waals surface area contributed by atoms with Crippen LogP contribution < -0.4 is 0 Å². The first-order valence-corrected chi connectivity index (χ1v) is 6.94. The minimum atomic E-state index is -0.389. The molecule has 0 aromatic rings. The maximum Gasteiger partial charge on any atom is 0.313 e. The van der Waals surface area contributed by atoms with Gasteiger partial charge in [0, 0.05) is 19.9 Å². The maximum atomic E-state index is 12.1. The van der Waals surface area contributed by atoms with Gasteiger partial charge in [0.1, 0.15) is 18.1 Å². The van der Waals surface area contributed by atoms with Gasteiger partial charge in [-0.15, -0.1) is 0 Å². The highest BCUT2D eigenvalue weighted by atomic mass is 16.7. The van der Waals surface area contributed by atoms with E-state index in [-0.39, 0.29) is 36.1 Å². The van der Waals surface area contributed by atoms with Crippen LogP contribution in [0.2, 0.25) is 0 Å². The molecule has 3 aliphatic rings. The lowest BCUT2D eigenvalue weighted by Crippen LogP contribution is -2.41. The van der Waals surface area contributed by atoms with Crippen LogP contribution in [0.3, 0.4) is 0 Å². The molecule has 19 heavy (non-hydrogen) atoms. The SMILES string of the molecule is CC(=O)O[C@@H]1CCOC(=O)[C@H]2[C@@H]1ON1CCCC[C@H]21. The minimum Gasteiger partial charge on any atom is -0.465 e. The number of piperidine rings is 1. The normalized spacial score (nSPS) is 38.9. The number of hydrogen-bond donors (Lipinski definition) is 0. The Hall–Kier alpha value is -1.14. The van der Waals surface area contributed by atoms with Gasteiger partial charge in [-0.25, -0.2) is 0 Å². The summed E-state index contributed by atoms with van der Waals surface area (Å²) in [4.78, 5) is 29.2. The predicted molar refractivity (Wildman–Crippen MR) is 63.8 cm³/mol. The quantitative estimate of drug-likeness (QED) is 0.651. The zero-order chi connectivity index (χ0) is 13.4. The van der Waals surface area contributed by atoms with E-state index in [1.165, 1.54) is 6.92 Å². The van der Waals surface area contributed by atoms with Crippen molar-refractivity contribution in [2.24, 2.45) is 5.92 Å². The number of hydrogen-bond acceptors (Lipinski definition) is 6. The largest absolute Gasteiger partial charge is 0.465 e. The van der Waals surface area contributed by atoms with E-state index in [9.17, 15) is 9.59 Å². The zero-order valence-electron chi connectivity index (χ0n) is 11.0. The summed E-state index contributed by atoms with van der Waals surface area (Å²) in [5.41, 5.74) is 0. The third-order valence-electron chi connectivity index (χ3n) is 4.13. The molecule has 0 bridgehead atoms. The third-order valence-corrected chi connectivity index (χ3v) is 4.13. The van der Waals surface area contributed by atoms with Crippen molar-refractivity contribution in [3.63, 3.8) is 0 Å². The summed E-state index contributed by atoms with van der Waals surface area (Å²) in [6, 6.07) is 0.0717. The van der Waals surface area contributed by atoms with E-state index in [4.69, 9.17) is 14.3 Å². The zero-order valence-corrected chi connectivity index (χ0v) is 11.0. The molecule has 0 aromatic carbocycles. The van der Waals surface area contributed by atoms with E-state index >= 15 is 0 Å². The summed E-state index contributed by atoms with van der Waals surface area (Å²) in [5, 5.41) is 1.89. The van der Waals surface area contributed by atoms with Gasteiger partial charge >= 0.3 is 11.9 Å². The summed E-state index contributed by atoms with van der Waals surface area (Å²) in [5.74, 6) is -0.882. The molecule has 3 aliphatic heterocycles. The molecule has 0 unspecified atom stereocenters. The Balaban J connectivity index is 1.83. The Kier molecular flexibility index (Phi) is 3.45. The van der Waals surface area contributed by atoms with Gasteiger partial charge < -0.3 is 9.47 Å². The average molecular weight is 269 g/mol. The fraction of sp³-hybridized carbons (Fsp3) is 0.846. The molecular weight excluding hydrogens is 250 g/mol. The second kappa shape index (κ2) is 5.09. The molecule has 0 aliphatic carbocycles. The monoisotopic (exact) mass is 269 g/mol. The lowest BCUT2D eigenvalue weighted by molar-refractivity contribution is -0.201. The second-order valence-corrected chi connectivity index (χ2v) is 5.40. The molecule has 0 aromatic heterocycles. The number of cyclic esters (lactones) is 1. The van der Waals surface area contributed by atoms with Crippen LogP contribution in [0.15, 0.2) is 0 Å². The first kappa shape index (κ1) is 12.9. The van der Waals surface area contributed by atoms with Crippen molar-refractivity contribution < 1.29 is 23.9 Å². The van der Waals surface area contributed by atoms with Gasteiger partial charge in [0.25, 0.3) is 0 Å². The molecule has 0 N–H and O–H groups in total. The topological polar surface area (TPSA) is 65.1 Å². The van der Waals surface area contributed by atoms with Crippen molar-refractivity contribution in [1.29, 1.82) is 0 Å². The van der Waals surface area contributed by atoms with E-state index < -0.39 is 0 Å². The van der Waals surface area contributed by atoms with Gasteiger partial charge in [0.15, 0.2) is 0 Å². The van der Waals surface area contributed by atoms with Gasteiger partial charge in [0.05, 0.1) is 12.6 Å². The van der Waals surface area contributed by atoms with Crippen LogP contribution >= 0.6 is 0 Å². The number of hydroxylamine groups is 2. The lowest BCUT2D eigenvalue weighted by atomic mass is 9.87. The molecular formula is C13H19NO5. The fourth-order valence-electron chi connectivity index (χ4n) is 3.33. The number of ether oxygens (including phenoxy) is 2. The van der Waals surface area contributed by atoms with Crippen molar-refractivity contribution in [2.45, 2.75) is 50.9 Å². The van der Waals surface area contributed by atoms with Crippen LogP contribution in [0, 0.1) is 5.92 Å². The molecule has 6 heteroatoms. The molecule has 4 atom stereocenters. The summed E-state index contributed by atoms with van der Waals surface area (Å²) in [6.45, 7) is 2.50. The second-order valence-electron chi connectivity index (χ2n) is 5.40. The Morgan fingerprint density at radius 2 is 2.21 bits per heavy atom. The maximum absolute atomic E-state index is 12.1. The molecule has 106 valence electrons. The van der Waals surface area contributed by atoms with Crippen LogP contribution in [0.1, 0.15) is 32.6 Å². The lowest BCUT2D eigenvalue weighted by Gasteiger charge is -2.28. The number of carbonyl (C=O) groups excluding carboxylic acids is 2. The Morgan fingerprint density at radius 3 is 3.00 bits per heavy atom. The van der Waals surface area contributed by atoms with E-state index in [0.717, 1.165) is 25.8 Å². The van der Waals surface area contributed by atoms with E-state index in [1.807, 2.05) is 5.06 Å². The van der Waals surface area contributed by atoms with Crippen LogP contribution in [-0.4, -0.2) is 48.4 Å². The minimum absolute atomic E-state index is 0.0717. The van der Waals surface area contributed by atoms with E-state index in [1.54, 1.807) is 0 Å². The first-order valence-electron chi connectivity index (χ1n) is 6.94. The molecule has 0 amide bonds. The Morgan fingerprint density at radius 1 is 1.37 bits per heavy atom. The summed E-state index contributed by atoms with van der Waals surface area (Å²) in [7, 11) is 0. The standard InChI is InChI=1S/C13H19NO5/c1-8(15)18-10-5-7-17-13(16)11-9-4-2-3-6-14(9)19-12(10)11/h9-12H,2-7H2,1H3/t9-,10-,11-,12-/m1/s1. The number of esters is 2. The molecule has 3 heterocycles. The number of carbonyl (C=O) groups is 2. The first-order chi connectivity index (χ1) is 9.16. The number of nitrogens with zero attached hydrogens (tertiary/aromatic N) is 1. The highest BCUT2D eigenvalue weighted by Crippen LogP contribution is 2.39. The number of rotatable bonds is 1. The molecule has 6 nitrogen and oxygen atoms in total. The summed E-state index contributed by atoms with van der Waals surface area (Å²) < 4.78 is 10.6. The fourth-order valence-corrected chi connectivity index (χ4v) is 3.33. The van der Waals surface area contributed by atoms with Crippen molar-refractivity contribution >= 4 is 11.9 Å². The van der Waals surface area contributed by atoms with Crippen LogP contribution in [0.5, 0.6) is 0 Å². The van der Waals surface area contributed by atoms with Gasteiger partial charge in [-0.2, -0.15) is 5.06 Å². The van der Waals surface area contributed by atoms with Crippen molar-refractivity contribution in [1.82, 2.24) is 5.06 Å². The van der Waals surface area contributed by atoms with Gasteiger partial charge in [-0.05, 0) is 12.8 Å². The molecule has 0 radical (unpaired) electrons. The highest BCUT2D eigenvalue weighted by Gasteiger charge is 2.53. The van der Waals surface area contributed by atoms with Crippen molar-refractivity contribution in [3.8, 4) is 0 Å². The summed E-state index contributed by atoms with van der Waals surface area (Å²) in [6.07, 6.45) is 2.83. The number of fused-ring (bicyclic) bond motifs is 3. The molecule has 0 spiro atoms. The van der Waals surface area contributed by atoms with E-state index in [0.29, 0.717) is 13.0 Å². The molecule has 3 fully saturated rings. The van der Waals surface area contributed by atoms with E-state index in [2.05, 4.69) is 0 Å². The smallest absolute Gasteiger partial charge is 0.313 e. The Labute approximate surface area is 111 Å². The van der Waals surface area contributed by atoms with Crippen molar-refractivity contribution in [3.05, 3.63) is 0 Å². The average Bonchev–Trinajstić information content (AvgIpc) is 2.69. The van der Waals surface area contributed by atoms with Crippen LogP contribution in [0.25, 0.3) is 0 Å². The van der Waals surface area contributed by atoms with Crippen LogP contribution in [0.4, 0.5) is 0 Å². The highest BCUT2D eigenvalue weighted by molar-refractivity contribution is 5.75. The summed E-state index contributed by atoms with van der Waals surface area (Å²) >= 11 is 0. The van der Waals surface area contributed by atoms with Crippen molar-refractivity contribution in [2.75, 3.05) is 13.2 Å². The van der Waals surface area contributed by atoms with Gasteiger partial charge in [0.2, 0.25) is 0 Å². The third kappa shape index (κ3) is 2.34. The Bertz CT molecular complexity index is 385. The predicted octanol–water partition coefficient (Wildman–Crippen LogP) is 0.649. The molecule has 3 saturated heterocycles. The van der Waals surface area contributed by atoms with Gasteiger partial charge in [-0.3, -0.25) is 14.4 Å². The van der Waals surface area contributed by atoms with Gasteiger partial charge in [-0.1, -0.05) is 6.42 Å². The molecule has 0 saturated carbocycles. The van der Waals surface area contributed by atoms with Crippen LogP contribution in [-0.2, 0) is 23.9 Å².